The van der Waals surface area contributed by atoms with E-state index in [-0.39, 0.29) is 35.0 Å². The molecule has 1 heterocycles. The number of aromatic nitrogens is 1. The van der Waals surface area contributed by atoms with E-state index in [9.17, 15) is 8.76 Å². The molecule has 0 fully saturated rings. The Hall–Kier alpha value is 0.540. The van der Waals surface area contributed by atoms with Gasteiger partial charge < -0.3 is 4.55 Å². The van der Waals surface area contributed by atoms with Crippen LogP contribution in [-0.2, 0) is 16.7 Å². The zero-order chi connectivity index (χ0) is 10.1. The van der Waals surface area contributed by atoms with E-state index >= 15 is 0 Å². The predicted molar refractivity (Wildman–Crippen MR) is 59.1 cm³/mol. The molecular weight excluding hydrogens is 231 g/mol. The Morgan fingerprint density at radius 2 is 2.14 bits per heavy atom. The van der Waals surface area contributed by atoms with Gasteiger partial charge in [0.05, 0.1) is 5.69 Å². The largest absolute Gasteiger partial charge is 0.755 e. The summed E-state index contributed by atoms with van der Waals surface area (Å²) in [6.07, 6.45) is 0. The van der Waals surface area contributed by atoms with Gasteiger partial charge in [-0.2, -0.15) is 0 Å². The van der Waals surface area contributed by atoms with E-state index in [0.29, 0.717) is 5.13 Å². The zero-order valence-electron chi connectivity index (χ0n) is 8.66. The van der Waals surface area contributed by atoms with Crippen LogP contribution in [0.3, 0.4) is 0 Å². The Balaban J connectivity index is 0.00000169. The Morgan fingerprint density at radius 1 is 1.57 bits per heavy atom. The molecule has 1 N–H and O–H groups in total. The summed E-state index contributed by atoms with van der Waals surface area (Å²) in [4.78, 5) is 4.14. The molecule has 0 amide bonds. The first kappa shape index (κ1) is 14.5. The van der Waals surface area contributed by atoms with Gasteiger partial charge in [-0.3, -0.25) is 8.93 Å². The second-order valence-electron chi connectivity index (χ2n) is 3.62. The first-order chi connectivity index (χ1) is 5.89. The Bertz CT molecular complexity index is 322. The summed E-state index contributed by atoms with van der Waals surface area (Å²) in [6, 6.07) is 0. The second kappa shape index (κ2) is 5.58. The van der Waals surface area contributed by atoms with Crippen molar-refractivity contribution in [2.75, 3.05) is 4.72 Å². The Labute approximate surface area is 112 Å². The van der Waals surface area contributed by atoms with E-state index in [0.717, 1.165) is 5.69 Å². The van der Waals surface area contributed by atoms with Crippen LogP contribution in [0.25, 0.3) is 0 Å². The molecule has 1 rings (SSSR count). The molecule has 0 aliphatic heterocycles. The second-order valence-corrected chi connectivity index (χ2v) is 5.16. The van der Waals surface area contributed by atoms with Crippen LogP contribution in [0.15, 0.2) is 5.38 Å². The molecule has 0 aliphatic rings. The van der Waals surface area contributed by atoms with Crippen molar-refractivity contribution in [3.05, 3.63) is 11.1 Å². The van der Waals surface area contributed by atoms with Gasteiger partial charge >= 0.3 is 0 Å². The summed E-state index contributed by atoms with van der Waals surface area (Å²) in [5.74, 6) is 0. The summed E-state index contributed by atoms with van der Waals surface area (Å²) < 4.78 is 22.8. The molecule has 1 unspecified atom stereocenters. The van der Waals surface area contributed by atoms with E-state index in [1.165, 1.54) is 11.3 Å². The fraction of sp³-hybridized carbons (Fsp3) is 0.571. The average Bonchev–Trinajstić information content (AvgIpc) is 2.32. The summed E-state index contributed by atoms with van der Waals surface area (Å²) in [5, 5.41) is 2.27. The van der Waals surface area contributed by atoms with Gasteiger partial charge in [0.25, 0.3) is 0 Å². The molecule has 1 atom stereocenters. The van der Waals surface area contributed by atoms with E-state index < -0.39 is 11.3 Å². The van der Waals surface area contributed by atoms with E-state index in [1.807, 2.05) is 26.2 Å². The topological polar surface area (TPSA) is 65.0 Å². The molecule has 14 heavy (non-hydrogen) atoms. The number of rotatable bonds is 2. The molecule has 7 heteroatoms. The summed E-state index contributed by atoms with van der Waals surface area (Å²) in [6.45, 7) is 6.08. The van der Waals surface area contributed by atoms with Crippen LogP contribution in [0.4, 0.5) is 5.13 Å². The minimum atomic E-state index is -2.28. The summed E-state index contributed by atoms with van der Waals surface area (Å²) in [7, 11) is 0. The van der Waals surface area contributed by atoms with E-state index in [2.05, 4.69) is 9.71 Å². The monoisotopic (exact) mass is 242 g/mol. The maximum atomic E-state index is 10.3. The molecule has 1 radical (unpaired) electrons. The molecule has 4 nitrogen and oxygen atoms in total. The van der Waals surface area contributed by atoms with Gasteiger partial charge in [-0.25, -0.2) is 4.98 Å². The SMILES string of the molecule is CC(C)(C)c1csc(NS(=O)[O-])n1.[Na]. The van der Waals surface area contributed by atoms with Crippen LogP contribution in [0.1, 0.15) is 26.5 Å². The van der Waals surface area contributed by atoms with Gasteiger partial charge in [0.15, 0.2) is 5.13 Å². The van der Waals surface area contributed by atoms with Crippen LogP contribution in [0, 0.1) is 0 Å². The van der Waals surface area contributed by atoms with Gasteiger partial charge in [-0.15, -0.1) is 11.3 Å². The fourth-order valence-electron chi connectivity index (χ4n) is 0.736. The molecule has 0 saturated heterocycles. The average molecular weight is 242 g/mol. The maximum absolute atomic E-state index is 10.3. The van der Waals surface area contributed by atoms with Crippen molar-refractivity contribution in [2.24, 2.45) is 0 Å². The van der Waals surface area contributed by atoms with E-state index in [1.54, 1.807) is 0 Å². The molecule has 1 aromatic heterocycles. The molecular formula is C7H11N2NaO2S2-. The quantitative estimate of drug-likeness (QED) is 0.627. The van der Waals surface area contributed by atoms with Crippen LogP contribution in [0.2, 0.25) is 0 Å². The predicted octanol–water partition coefficient (Wildman–Crippen LogP) is 1.27. The van der Waals surface area contributed by atoms with Gasteiger partial charge in [0.1, 0.15) is 0 Å². The van der Waals surface area contributed by atoms with Crippen molar-refractivity contribution in [1.29, 1.82) is 0 Å². The summed E-state index contributed by atoms with van der Waals surface area (Å²) in [5.41, 5.74) is 0.853. The van der Waals surface area contributed by atoms with Crippen LogP contribution in [-0.4, -0.2) is 43.3 Å². The van der Waals surface area contributed by atoms with Gasteiger partial charge in [0, 0.05) is 51.6 Å². The van der Waals surface area contributed by atoms with Crippen LogP contribution >= 0.6 is 11.3 Å². The van der Waals surface area contributed by atoms with Gasteiger partial charge in [0.2, 0.25) is 0 Å². The Morgan fingerprint density at radius 3 is 2.50 bits per heavy atom. The first-order valence-electron chi connectivity index (χ1n) is 3.71. The third-order valence-corrected chi connectivity index (χ3v) is 2.69. The molecule has 1 aromatic rings. The van der Waals surface area contributed by atoms with Gasteiger partial charge in [-0.05, 0) is 0 Å². The van der Waals surface area contributed by atoms with Gasteiger partial charge in [-0.1, -0.05) is 20.8 Å². The molecule has 75 valence electrons. The maximum Gasteiger partial charge on any atom is 0.194 e. The van der Waals surface area contributed by atoms with Crippen LogP contribution in [0.5, 0.6) is 0 Å². The van der Waals surface area contributed by atoms with Crippen molar-refractivity contribution < 1.29 is 8.76 Å². The Kier molecular flexibility index (Phi) is 5.79. The molecule has 0 bridgehead atoms. The number of hydrogen-bond acceptors (Lipinski definition) is 4. The minimum absolute atomic E-state index is 0. The first-order valence-corrected chi connectivity index (χ1v) is 5.67. The number of thiazole rings is 1. The summed E-state index contributed by atoms with van der Waals surface area (Å²) >= 11 is -0.993. The normalized spacial score (nSPS) is 13.1. The standard InChI is InChI=1S/C7H12N2O2S2.Na/c1-7(2,3)5-4-12-6(8-5)9-13(10)11;/h4H,1-3H3,(H,8,9)(H,10,11);/p-1. The fourth-order valence-corrected chi connectivity index (χ4v) is 2.10. The number of nitrogens with zero attached hydrogens (tertiary/aromatic N) is 1. The van der Waals surface area contributed by atoms with Crippen molar-refractivity contribution in [3.63, 3.8) is 0 Å². The molecule has 0 saturated carbocycles. The molecule has 0 aliphatic carbocycles. The smallest absolute Gasteiger partial charge is 0.194 e. The van der Waals surface area contributed by atoms with Crippen molar-refractivity contribution in [3.8, 4) is 0 Å². The van der Waals surface area contributed by atoms with Crippen molar-refractivity contribution in [2.45, 2.75) is 26.2 Å². The van der Waals surface area contributed by atoms with E-state index in [4.69, 9.17) is 0 Å². The number of anilines is 1. The zero-order valence-corrected chi connectivity index (χ0v) is 12.3. The molecule has 0 aromatic carbocycles. The molecule has 0 spiro atoms. The van der Waals surface area contributed by atoms with Crippen molar-refractivity contribution >= 4 is 57.3 Å². The minimum Gasteiger partial charge on any atom is -0.755 e. The third-order valence-electron chi connectivity index (χ3n) is 1.44. The number of hydrogen-bond donors (Lipinski definition) is 1. The van der Waals surface area contributed by atoms with Crippen molar-refractivity contribution in [1.82, 2.24) is 4.98 Å². The van der Waals surface area contributed by atoms with Crippen LogP contribution < -0.4 is 4.72 Å². The third kappa shape index (κ3) is 4.37. The number of nitrogens with one attached hydrogen (secondary N) is 1.